The van der Waals surface area contributed by atoms with Crippen molar-refractivity contribution in [2.45, 2.75) is 75.5 Å². The lowest BCUT2D eigenvalue weighted by atomic mass is 9.85. The molecule has 4 amide bonds. The number of piperidine rings is 2. The number of aromatic nitrogens is 2. The minimum atomic E-state index is -3.58. The molecule has 61 heavy (non-hydrogen) atoms. The molecule has 8 rings (SSSR count). The lowest BCUT2D eigenvalue weighted by Gasteiger charge is -2.44. The molecule has 3 aromatic carbocycles. The van der Waals surface area contributed by atoms with E-state index < -0.39 is 44.8 Å². The van der Waals surface area contributed by atoms with Gasteiger partial charge in [-0.1, -0.05) is 23.7 Å². The molecule has 0 aliphatic carbocycles. The van der Waals surface area contributed by atoms with Crippen LogP contribution in [0.2, 0.25) is 5.02 Å². The summed E-state index contributed by atoms with van der Waals surface area (Å²) < 4.78 is 32.3. The SMILES string of the molecule is CCOc1cc(C2CCN(CC3CN(c4ccc5c(c4)C(=O)N(C4CCC(=O)NC4=O)C5=O)C3)CC2)c(C)cc1Nc1ncc(Cl)c(Nc2ccccc2S(=O)(=O)C(C)C)n1. The molecule has 320 valence electrons. The Bertz CT molecular complexity index is 2520. The zero-order chi connectivity index (χ0) is 43.2. The first-order valence-electron chi connectivity index (χ1n) is 20.7. The van der Waals surface area contributed by atoms with E-state index in [-0.39, 0.29) is 40.1 Å². The zero-order valence-corrected chi connectivity index (χ0v) is 36.1. The molecule has 3 fully saturated rings. The number of carbonyl (C=O) groups is 4. The van der Waals surface area contributed by atoms with Gasteiger partial charge in [0, 0.05) is 37.7 Å². The molecule has 0 saturated carbocycles. The van der Waals surface area contributed by atoms with E-state index in [1.165, 1.54) is 11.8 Å². The molecule has 5 heterocycles. The van der Waals surface area contributed by atoms with Crippen LogP contribution in [-0.4, -0.2) is 102 Å². The fraction of sp³-hybridized carbons (Fsp3) is 0.409. The summed E-state index contributed by atoms with van der Waals surface area (Å²) >= 11 is 6.50. The molecule has 3 saturated heterocycles. The van der Waals surface area contributed by atoms with Crippen LogP contribution in [0.25, 0.3) is 0 Å². The monoisotopic (exact) mass is 868 g/mol. The van der Waals surface area contributed by atoms with Crippen LogP contribution in [-0.2, 0) is 19.4 Å². The summed E-state index contributed by atoms with van der Waals surface area (Å²) in [4.78, 5) is 65.5. The van der Waals surface area contributed by atoms with Gasteiger partial charge in [-0.25, -0.2) is 13.4 Å². The van der Waals surface area contributed by atoms with Gasteiger partial charge in [0.1, 0.15) is 16.8 Å². The molecule has 0 radical (unpaired) electrons. The molecule has 17 heteroatoms. The van der Waals surface area contributed by atoms with Crippen LogP contribution < -0.4 is 25.6 Å². The fourth-order valence-corrected chi connectivity index (χ4v) is 10.0. The Hall–Kier alpha value is -5.58. The van der Waals surface area contributed by atoms with E-state index in [1.807, 2.05) is 13.0 Å². The predicted molar refractivity (Wildman–Crippen MR) is 232 cm³/mol. The van der Waals surface area contributed by atoms with E-state index in [9.17, 15) is 27.6 Å². The molecule has 4 aromatic rings. The number of anilines is 5. The number of carbonyl (C=O) groups excluding carboxylic acids is 4. The van der Waals surface area contributed by atoms with Gasteiger partial charge in [0.25, 0.3) is 11.8 Å². The minimum absolute atomic E-state index is 0.0831. The van der Waals surface area contributed by atoms with Crippen LogP contribution in [0.5, 0.6) is 5.75 Å². The number of fused-ring (bicyclic) bond motifs is 1. The number of sulfone groups is 1. The van der Waals surface area contributed by atoms with Crippen LogP contribution in [0, 0.1) is 12.8 Å². The summed E-state index contributed by atoms with van der Waals surface area (Å²) in [5.41, 5.74) is 4.89. The number of para-hydroxylation sites is 1. The third-order valence-corrected chi connectivity index (χ3v) is 14.5. The molecule has 0 spiro atoms. The summed E-state index contributed by atoms with van der Waals surface area (Å²) in [5.74, 6) is 0.0257. The first-order valence-corrected chi connectivity index (χ1v) is 22.6. The van der Waals surface area contributed by atoms with Crippen molar-refractivity contribution >= 4 is 73.9 Å². The van der Waals surface area contributed by atoms with E-state index in [2.05, 4.69) is 54.8 Å². The minimum Gasteiger partial charge on any atom is -0.492 e. The molecule has 1 aromatic heterocycles. The highest BCUT2D eigenvalue weighted by Gasteiger charge is 2.45. The first-order chi connectivity index (χ1) is 29.2. The maximum Gasteiger partial charge on any atom is 0.262 e. The maximum absolute atomic E-state index is 13.3. The van der Waals surface area contributed by atoms with Crippen LogP contribution in [0.3, 0.4) is 0 Å². The highest BCUT2D eigenvalue weighted by molar-refractivity contribution is 7.92. The number of aryl methyl sites for hydroxylation is 1. The van der Waals surface area contributed by atoms with Gasteiger partial charge in [0.15, 0.2) is 15.7 Å². The van der Waals surface area contributed by atoms with Crippen molar-refractivity contribution in [3.05, 3.63) is 88.1 Å². The Kier molecular flexibility index (Phi) is 11.8. The van der Waals surface area contributed by atoms with Gasteiger partial charge in [-0.2, -0.15) is 4.98 Å². The van der Waals surface area contributed by atoms with Gasteiger partial charge in [-0.3, -0.25) is 29.4 Å². The number of imide groups is 2. The molecule has 4 aliphatic heterocycles. The standard InChI is InChI=1S/C44H49ClN8O7S/c1-5-60-37-20-31(26(4)18-35(37)48-44-46-21-33(45)40(50-44)47-34-8-6-7-9-38(34)61(58,59)25(2)3)28-14-16-51(17-15-28)22-27-23-52(24-27)29-10-11-30-32(19-29)43(57)53(42(30)56)36-12-13-39(54)49-41(36)55/h6-11,18-21,25,27-28,36H,5,12-17,22-24H2,1-4H3,(H,49,54,55)(H2,46,47,48,50). The first kappa shape index (κ1) is 42.1. The molecule has 3 N–H and O–H groups in total. The summed E-state index contributed by atoms with van der Waals surface area (Å²) in [5, 5.41) is 8.27. The third-order valence-electron chi connectivity index (χ3n) is 12.0. The zero-order valence-electron chi connectivity index (χ0n) is 34.5. The summed E-state index contributed by atoms with van der Waals surface area (Å²) in [6.45, 7) is 12.4. The van der Waals surface area contributed by atoms with E-state index in [0.29, 0.717) is 41.1 Å². The second kappa shape index (κ2) is 17.1. The summed E-state index contributed by atoms with van der Waals surface area (Å²) in [6.07, 6.45) is 3.68. The van der Waals surface area contributed by atoms with Crippen LogP contribution in [0.15, 0.2) is 65.7 Å². The summed E-state index contributed by atoms with van der Waals surface area (Å²) in [6, 6.07) is 15.1. The van der Waals surface area contributed by atoms with Crippen molar-refractivity contribution in [1.29, 1.82) is 0 Å². The number of amides is 4. The highest BCUT2D eigenvalue weighted by atomic mass is 35.5. The largest absolute Gasteiger partial charge is 0.492 e. The lowest BCUT2D eigenvalue weighted by molar-refractivity contribution is -0.136. The lowest BCUT2D eigenvalue weighted by Crippen LogP contribution is -2.54. The second-order valence-corrected chi connectivity index (χ2v) is 19.3. The summed E-state index contributed by atoms with van der Waals surface area (Å²) in [7, 11) is -3.58. The molecule has 4 aliphatic rings. The fourth-order valence-electron chi connectivity index (χ4n) is 8.69. The number of halogens is 1. The number of nitrogens with zero attached hydrogens (tertiary/aromatic N) is 5. The molecular weight excluding hydrogens is 820 g/mol. The van der Waals surface area contributed by atoms with Crippen molar-refractivity contribution in [3.63, 3.8) is 0 Å². The Morgan fingerprint density at radius 3 is 2.39 bits per heavy atom. The van der Waals surface area contributed by atoms with E-state index in [4.69, 9.17) is 16.3 Å². The van der Waals surface area contributed by atoms with Crippen molar-refractivity contribution in [1.82, 2.24) is 25.1 Å². The van der Waals surface area contributed by atoms with Gasteiger partial charge in [-0.05, 0) is 120 Å². The van der Waals surface area contributed by atoms with Gasteiger partial charge in [-0.15, -0.1) is 0 Å². The maximum atomic E-state index is 13.3. The van der Waals surface area contributed by atoms with Gasteiger partial charge < -0.3 is 25.2 Å². The normalized spacial score (nSPS) is 19.0. The molecule has 1 atom stereocenters. The molecular formula is C44H49ClN8O7S. The number of hydrogen-bond acceptors (Lipinski definition) is 13. The average Bonchev–Trinajstić information content (AvgIpc) is 3.46. The van der Waals surface area contributed by atoms with Crippen molar-refractivity contribution in [3.8, 4) is 5.75 Å². The van der Waals surface area contributed by atoms with E-state index in [0.717, 1.165) is 61.7 Å². The number of rotatable bonds is 13. The van der Waals surface area contributed by atoms with Crippen LogP contribution in [0.1, 0.15) is 84.2 Å². The Labute approximate surface area is 360 Å². The molecule has 15 nitrogen and oxygen atoms in total. The van der Waals surface area contributed by atoms with Crippen molar-refractivity contribution in [2.24, 2.45) is 5.92 Å². The number of likely N-dealkylation sites (tertiary alicyclic amines) is 1. The Balaban J connectivity index is 0.871. The molecule has 1 unspecified atom stereocenters. The van der Waals surface area contributed by atoms with Crippen molar-refractivity contribution < 1.29 is 32.3 Å². The topological polar surface area (TPSA) is 183 Å². The van der Waals surface area contributed by atoms with Crippen molar-refractivity contribution in [2.75, 3.05) is 54.9 Å². The molecule has 0 bridgehead atoms. The third kappa shape index (κ3) is 8.40. The van der Waals surface area contributed by atoms with E-state index in [1.54, 1.807) is 50.2 Å². The highest BCUT2D eigenvalue weighted by Crippen LogP contribution is 2.39. The average molecular weight is 869 g/mol. The van der Waals surface area contributed by atoms with Gasteiger partial charge in [0.05, 0.1) is 45.5 Å². The number of benzene rings is 3. The number of ether oxygens (including phenoxy) is 1. The Morgan fingerprint density at radius 2 is 1.67 bits per heavy atom. The van der Waals surface area contributed by atoms with Gasteiger partial charge >= 0.3 is 0 Å². The number of nitrogens with one attached hydrogen (secondary N) is 3. The van der Waals surface area contributed by atoms with Gasteiger partial charge in [0.2, 0.25) is 17.8 Å². The van der Waals surface area contributed by atoms with Crippen LogP contribution >= 0.6 is 11.6 Å². The Morgan fingerprint density at radius 1 is 0.934 bits per heavy atom. The smallest absolute Gasteiger partial charge is 0.262 e. The van der Waals surface area contributed by atoms with E-state index >= 15 is 0 Å². The van der Waals surface area contributed by atoms with Crippen LogP contribution in [0.4, 0.5) is 28.8 Å². The quantitative estimate of drug-likeness (QED) is 0.129. The number of hydrogen-bond donors (Lipinski definition) is 3. The second-order valence-electron chi connectivity index (χ2n) is 16.4. The predicted octanol–water partition coefficient (Wildman–Crippen LogP) is 6.22.